The van der Waals surface area contributed by atoms with Crippen molar-refractivity contribution in [3.63, 3.8) is 0 Å². The number of hydrogen-bond donors (Lipinski definition) is 8. The van der Waals surface area contributed by atoms with Crippen molar-refractivity contribution in [2.75, 3.05) is 13.1 Å². The van der Waals surface area contributed by atoms with Gasteiger partial charge in [0.05, 0.1) is 6.10 Å². The van der Waals surface area contributed by atoms with Crippen molar-refractivity contribution in [1.82, 2.24) is 36.5 Å². The quantitative estimate of drug-likeness (QED) is 0.104. The largest absolute Gasteiger partial charge is 0.391 e. The molecule has 318 valence electrons. The molecule has 6 rings (SSSR count). The SMILES string of the molecule is C[C@@H](O)[C@@H]1NC(=O)[C@H](CCCCN)NC(=O)[C@@H](Cc2c[nH]c3ccccc23)NC(=O)[C@H](Cc2ccccc2)NC(=O)[C@@H]2CCCN2C(=O)[C@@H]([C@@H](C)c2ccccc2)NC1=O. The van der Waals surface area contributed by atoms with Crippen molar-refractivity contribution >= 4 is 46.3 Å². The Bertz CT molecular complexity index is 2130. The average Bonchev–Trinajstić information content (AvgIpc) is 3.91. The minimum absolute atomic E-state index is 0.0231. The Balaban J connectivity index is 1.41. The van der Waals surface area contributed by atoms with Crippen molar-refractivity contribution in [2.24, 2.45) is 5.73 Å². The van der Waals surface area contributed by atoms with Crippen LogP contribution in [-0.4, -0.2) is 106 Å². The molecule has 3 heterocycles. The van der Waals surface area contributed by atoms with E-state index in [1.54, 1.807) is 13.1 Å². The lowest BCUT2D eigenvalue weighted by atomic mass is 9.91. The summed E-state index contributed by atoms with van der Waals surface area (Å²) >= 11 is 0. The van der Waals surface area contributed by atoms with Crippen LogP contribution in [0.15, 0.2) is 91.1 Å². The monoisotopic (exact) mass is 820 g/mol. The normalized spacial score (nSPS) is 24.6. The number of hydrogen-bond acceptors (Lipinski definition) is 8. The fourth-order valence-electron chi connectivity index (χ4n) is 8.10. The molecule has 4 aromatic rings. The lowest BCUT2D eigenvalue weighted by Gasteiger charge is -2.34. The summed E-state index contributed by atoms with van der Waals surface area (Å²) < 4.78 is 0. The Labute approximate surface area is 349 Å². The molecule has 6 amide bonds. The molecule has 3 aromatic carbocycles. The minimum Gasteiger partial charge on any atom is -0.391 e. The second kappa shape index (κ2) is 20.3. The number of nitrogens with one attached hydrogen (secondary N) is 6. The number of nitrogens with zero attached hydrogens (tertiary/aromatic N) is 1. The Morgan fingerprint density at radius 2 is 1.28 bits per heavy atom. The second-order valence-electron chi connectivity index (χ2n) is 15.8. The van der Waals surface area contributed by atoms with Crippen LogP contribution < -0.4 is 32.3 Å². The predicted octanol–water partition coefficient (Wildman–Crippen LogP) is 1.70. The van der Waals surface area contributed by atoms with Crippen molar-refractivity contribution in [1.29, 1.82) is 0 Å². The third-order valence-electron chi connectivity index (χ3n) is 11.5. The minimum atomic E-state index is -1.53. The molecule has 0 radical (unpaired) electrons. The highest BCUT2D eigenvalue weighted by Crippen LogP contribution is 2.26. The number of carbonyl (C=O) groups is 6. The van der Waals surface area contributed by atoms with Gasteiger partial charge in [0.15, 0.2) is 0 Å². The van der Waals surface area contributed by atoms with E-state index in [-0.39, 0.29) is 25.8 Å². The highest BCUT2D eigenvalue weighted by Gasteiger charge is 2.42. The number of aliphatic hydroxyl groups excluding tert-OH is 1. The van der Waals surface area contributed by atoms with Gasteiger partial charge in [-0.3, -0.25) is 28.8 Å². The summed E-state index contributed by atoms with van der Waals surface area (Å²) in [5.74, 6) is -4.55. The lowest BCUT2D eigenvalue weighted by Crippen LogP contribution is -2.63. The van der Waals surface area contributed by atoms with Gasteiger partial charge in [-0.2, -0.15) is 0 Å². The number of amides is 6. The third kappa shape index (κ3) is 10.6. The zero-order valence-corrected chi connectivity index (χ0v) is 34.1. The van der Waals surface area contributed by atoms with Crippen molar-refractivity contribution in [2.45, 2.75) is 107 Å². The van der Waals surface area contributed by atoms with Crippen LogP contribution in [0.5, 0.6) is 0 Å². The van der Waals surface area contributed by atoms with Gasteiger partial charge in [0.2, 0.25) is 35.4 Å². The van der Waals surface area contributed by atoms with E-state index in [2.05, 4.69) is 31.6 Å². The van der Waals surface area contributed by atoms with Crippen molar-refractivity contribution in [3.8, 4) is 0 Å². The number of aromatic nitrogens is 1. The zero-order chi connectivity index (χ0) is 42.8. The molecule has 0 bridgehead atoms. The van der Waals surface area contributed by atoms with Gasteiger partial charge in [-0.05, 0) is 68.3 Å². The molecule has 8 atom stereocenters. The summed E-state index contributed by atoms with van der Waals surface area (Å²) in [4.78, 5) is 90.9. The molecule has 2 saturated heterocycles. The molecule has 1 aromatic heterocycles. The van der Waals surface area contributed by atoms with Gasteiger partial charge in [-0.1, -0.05) is 85.8 Å². The predicted molar refractivity (Wildman–Crippen MR) is 226 cm³/mol. The summed E-state index contributed by atoms with van der Waals surface area (Å²) in [6.07, 6.45) is 2.35. The maximum atomic E-state index is 14.7. The molecule has 9 N–H and O–H groups in total. The molecule has 2 fully saturated rings. The molecular formula is C45H56N8O7. The number of nitrogens with two attached hydrogens (primary N) is 1. The van der Waals surface area contributed by atoms with E-state index >= 15 is 0 Å². The van der Waals surface area contributed by atoms with E-state index in [9.17, 15) is 33.9 Å². The molecule has 0 aliphatic carbocycles. The Morgan fingerprint density at radius 3 is 1.98 bits per heavy atom. The van der Waals surface area contributed by atoms with Crippen LogP contribution in [0.4, 0.5) is 0 Å². The van der Waals surface area contributed by atoms with Crippen LogP contribution >= 0.6 is 0 Å². The number of rotatable bonds is 11. The fourth-order valence-corrected chi connectivity index (χ4v) is 8.10. The van der Waals surface area contributed by atoms with Gasteiger partial charge in [0, 0.05) is 42.4 Å². The van der Waals surface area contributed by atoms with Gasteiger partial charge in [-0.15, -0.1) is 0 Å². The van der Waals surface area contributed by atoms with Crippen LogP contribution in [0.3, 0.4) is 0 Å². The molecular weight excluding hydrogens is 765 g/mol. The van der Waals surface area contributed by atoms with E-state index in [0.717, 1.165) is 27.6 Å². The molecule has 60 heavy (non-hydrogen) atoms. The van der Waals surface area contributed by atoms with Gasteiger partial charge < -0.3 is 47.3 Å². The van der Waals surface area contributed by atoms with Gasteiger partial charge in [0.25, 0.3) is 0 Å². The number of aliphatic hydroxyl groups is 1. The number of H-pyrrole nitrogens is 1. The van der Waals surface area contributed by atoms with Gasteiger partial charge >= 0.3 is 0 Å². The van der Waals surface area contributed by atoms with Crippen LogP contribution in [0.1, 0.15) is 68.6 Å². The molecule has 0 spiro atoms. The standard InChI is InChI=1S/C45H56N8O7/c1-27(30-16-7-4-8-17-30)38-45(60)53-23-13-21-37(53)43(58)50-35(24-29-14-5-3-6-15-29)41(56)49-36(25-31-26-47-33-19-10-9-18-32(31)33)42(57)48-34(20-11-12-22-46)40(55)52-39(28(2)54)44(59)51-38/h3-10,14-19,26-28,34-39,47,54H,11-13,20-25,46H2,1-2H3,(H,48,57)(H,49,56)(H,50,58)(H,51,59)(H,52,55)/t27-,28+,34-,35-,36+,37-,38+,39-/m0/s1. The molecule has 2 aliphatic rings. The number of carbonyl (C=O) groups excluding carboxylic acids is 6. The first-order valence-electron chi connectivity index (χ1n) is 20.8. The van der Waals surface area contributed by atoms with Crippen molar-refractivity contribution < 1.29 is 33.9 Å². The maximum Gasteiger partial charge on any atom is 0.246 e. The van der Waals surface area contributed by atoms with E-state index in [0.29, 0.717) is 32.2 Å². The number of fused-ring (bicyclic) bond motifs is 2. The lowest BCUT2D eigenvalue weighted by molar-refractivity contribution is -0.143. The Hall–Kier alpha value is -6.06. The molecule has 15 heteroatoms. The molecule has 15 nitrogen and oxygen atoms in total. The average molecular weight is 821 g/mol. The number of benzene rings is 3. The fraction of sp³-hybridized carbons (Fsp3) is 0.422. The molecule has 0 unspecified atom stereocenters. The van der Waals surface area contributed by atoms with E-state index < -0.39 is 83.7 Å². The van der Waals surface area contributed by atoms with Crippen LogP contribution in [0.25, 0.3) is 10.9 Å². The van der Waals surface area contributed by atoms with Crippen LogP contribution in [0, 0.1) is 0 Å². The number of unbranched alkanes of at least 4 members (excludes halogenated alkanes) is 1. The topological polar surface area (TPSA) is 228 Å². The van der Waals surface area contributed by atoms with Crippen LogP contribution in [-0.2, 0) is 41.6 Å². The van der Waals surface area contributed by atoms with Gasteiger partial charge in [0.1, 0.15) is 36.3 Å². The first-order valence-corrected chi connectivity index (χ1v) is 20.8. The van der Waals surface area contributed by atoms with Crippen LogP contribution in [0.2, 0.25) is 0 Å². The first-order chi connectivity index (χ1) is 28.9. The number of aromatic amines is 1. The smallest absolute Gasteiger partial charge is 0.246 e. The summed E-state index contributed by atoms with van der Waals surface area (Å²) in [7, 11) is 0. The van der Waals surface area contributed by atoms with E-state index in [4.69, 9.17) is 5.73 Å². The molecule has 2 aliphatic heterocycles. The first kappa shape index (κ1) is 43.5. The Morgan fingerprint density at radius 1 is 0.683 bits per heavy atom. The number of para-hydroxylation sites is 1. The zero-order valence-electron chi connectivity index (χ0n) is 34.1. The van der Waals surface area contributed by atoms with E-state index in [1.165, 1.54) is 11.8 Å². The van der Waals surface area contributed by atoms with Crippen molar-refractivity contribution in [3.05, 3.63) is 108 Å². The Kier molecular flexibility index (Phi) is 14.7. The second-order valence-corrected chi connectivity index (χ2v) is 15.8. The summed E-state index contributed by atoms with van der Waals surface area (Å²) in [6, 6.07) is 18.5. The van der Waals surface area contributed by atoms with Gasteiger partial charge in [-0.25, -0.2) is 0 Å². The third-order valence-corrected chi connectivity index (χ3v) is 11.5. The summed E-state index contributed by atoms with van der Waals surface area (Å²) in [5.41, 5.74) is 8.82. The summed E-state index contributed by atoms with van der Waals surface area (Å²) in [5, 5.41) is 25.8. The van der Waals surface area contributed by atoms with E-state index in [1.807, 2.05) is 84.9 Å². The summed E-state index contributed by atoms with van der Waals surface area (Å²) in [6.45, 7) is 3.67. The highest BCUT2D eigenvalue weighted by molar-refractivity contribution is 5.99. The maximum absolute atomic E-state index is 14.7. The molecule has 0 saturated carbocycles. The highest BCUT2D eigenvalue weighted by atomic mass is 16.3.